The van der Waals surface area contributed by atoms with Crippen molar-refractivity contribution in [2.45, 2.75) is 46.5 Å². The quantitative estimate of drug-likeness (QED) is 0.782. The van der Waals surface area contributed by atoms with Gasteiger partial charge >= 0.3 is 0 Å². The van der Waals surface area contributed by atoms with E-state index >= 15 is 0 Å². The molecular weight excluding hydrogens is 262 g/mol. The Balaban J connectivity index is 3.12. The monoisotopic (exact) mass is 285 g/mol. The van der Waals surface area contributed by atoms with Crippen molar-refractivity contribution in [1.29, 1.82) is 0 Å². The maximum atomic E-state index is 9.22. The van der Waals surface area contributed by atoms with Crippen LogP contribution in [0.15, 0.2) is 0 Å². The number of nitrogens with zero attached hydrogens (tertiary/aromatic N) is 3. The molecule has 0 aromatic carbocycles. The lowest BCUT2D eigenvalue weighted by molar-refractivity contribution is 0.301. The van der Waals surface area contributed by atoms with Crippen LogP contribution in [0.3, 0.4) is 0 Å². The fourth-order valence-corrected chi connectivity index (χ4v) is 2.02. The normalized spacial score (nSPS) is 11.1. The van der Waals surface area contributed by atoms with Gasteiger partial charge in [0.15, 0.2) is 0 Å². The molecule has 0 aliphatic heterocycles. The summed E-state index contributed by atoms with van der Waals surface area (Å²) in [4.78, 5) is 11.0. The zero-order chi connectivity index (χ0) is 14.4. The third-order valence-electron chi connectivity index (χ3n) is 3.05. The topological polar surface area (TPSA) is 49.2 Å². The molecule has 108 valence electrons. The van der Waals surface area contributed by atoms with E-state index in [1.165, 1.54) is 0 Å². The first-order valence-corrected chi connectivity index (χ1v) is 7.28. The molecule has 5 heteroatoms. The van der Waals surface area contributed by atoms with Crippen LogP contribution in [0.5, 0.6) is 0 Å². The summed E-state index contributed by atoms with van der Waals surface area (Å²) in [6.45, 7) is 9.74. The average Bonchev–Trinajstić information content (AvgIpc) is 2.37. The Bertz CT molecular complexity index is 410. The predicted molar refractivity (Wildman–Crippen MR) is 80.1 cm³/mol. The highest BCUT2D eigenvalue weighted by molar-refractivity contribution is 6.30. The van der Waals surface area contributed by atoms with Gasteiger partial charge in [0.05, 0.1) is 6.61 Å². The van der Waals surface area contributed by atoms with E-state index in [0.717, 1.165) is 36.6 Å². The second-order valence-electron chi connectivity index (χ2n) is 5.04. The van der Waals surface area contributed by atoms with Gasteiger partial charge in [-0.05, 0) is 13.3 Å². The van der Waals surface area contributed by atoms with E-state index in [0.29, 0.717) is 11.7 Å². The summed E-state index contributed by atoms with van der Waals surface area (Å²) in [6, 6.07) is 0. The number of hydrogen-bond donors (Lipinski definition) is 1. The molecule has 1 N–H and O–H groups in total. The van der Waals surface area contributed by atoms with E-state index in [9.17, 15) is 5.11 Å². The maximum absolute atomic E-state index is 9.22. The van der Waals surface area contributed by atoms with Crippen molar-refractivity contribution in [1.82, 2.24) is 9.97 Å². The lowest BCUT2D eigenvalue weighted by Crippen LogP contribution is -2.30. The molecule has 1 aromatic heterocycles. The summed E-state index contributed by atoms with van der Waals surface area (Å²) in [6.07, 6.45) is 2.18. The molecule has 0 saturated heterocycles. The lowest BCUT2D eigenvalue weighted by Gasteiger charge is -2.25. The zero-order valence-corrected chi connectivity index (χ0v) is 13.0. The Morgan fingerprint density at radius 3 is 2.47 bits per heavy atom. The molecule has 0 atom stereocenters. The Morgan fingerprint density at radius 1 is 1.26 bits per heavy atom. The van der Waals surface area contributed by atoms with Crippen LogP contribution in [0.2, 0.25) is 5.15 Å². The van der Waals surface area contributed by atoms with Crippen molar-refractivity contribution in [3.05, 3.63) is 16.5 Å². The van der Waals surface area contributed by atoms with Gasteiger partial charge in [-0.25, -0.2) is 9.97 Å². The van der Waals surface area contributed by atoms with Crippen molar-refractivity contribution >= 4 is 17.4 Å². The van der Waals surface area contributed by atoms with E-state index in [-0.39, 0.29) is 12.5 Å². The Kier molecular flexibility index (Phi) is 6.52. The summed E-state index contributed by atoms with van der Waals surface area (Å²) in [5, 5.41) is 9.73. The number of halogens is 1. The summed E-state index contributed by atoms with van der Waals surface area (Å²) in [7, 11) is 0. The molecular formula is C14H24ClN3O. The molecule has 1 aromatic rings. The summed E-state index contributed by atoms with van der Waals surface area (Å²) >= 11 is 6.20. The Hall–Kier alpha value is -0.870. The molecule has 1 rings (SSSR count). The molecule has 19 heavy (non-hydrogen) atoms. The fraction of sp³-hybridized carbons (Fsp3) is 0.714. The van der Waals surface area contributed by atoms with Gasteiger partial charge in [-0.3, -0.25) is 0 Å². The predicted octanol–water partition coefficient (Wildman–Crippen LogP) is 3.16. The number of hydrogen-bond acceptors (Lipinski definition) is 4. The number of aliphatic hydroxyl groups excluding tert-OH is 1. The molecule has 0 aliphatic carbocycles. The van der Waals surface area contributed by atoms with E-state index < -0.39 is 0 Å². The molecule has 4 nitrogen and oxygen atoms in total. The second-order valence-corrected chi connectivity index (χ2v) is 5.40. The summed E-state index contributed by atoms with van der Waals surface area (Å²) in [5.41, 5.74) is 0.885. The smallest absolute Gasteiger partial charge is 0.137 e. The molecule has 0 aliphatic rings. The minimum Gasteiger partial charge on any atom is -0.395 e. The number of rotatable bonds is 7. The van der Waals surface area contributed by atoms with Crippen molar-refractivity contribution in [2.75, 3.05) is 24.6 Å². The van der Waals surface area contributed by atoms with Crippen LogP contribution in [0.4, 0.5) is 5.82 Å². The number of unbranched alkanes of at least 4 members (excludes halogenated alkanes) is 1. The maximum Gasteiger partial charge on any atom is 0.137 e. The highest BCUT2D eigenvalue weighted by atomic mass is 35.5. The Morgan fingerprint density at radius 2 is 1.95 bits per heavy atom. The minimum absolute atomic E-state index is 0.113. The van der Waals surface area contributed by atoms with Gasteiger partial charge in [-0.1, -0.05) is 38.8 Å². The standard InChI is InChI=1S/C14H24ClN3O/c1-5-6-7-18(8-9-19)14-11(4)12(15)16-13(17-14)10(2)3/h10,19H,5-9H2,1-4H3. The molecule has 0 fully saturated rings. The summed E-state index contributed by atoms with van der Waals surface area (Å²) in [5.74, 6) is 1.84. The number of aromatic nitrogens is 2. The van der Waals surface area contributed by atoms with Crippen LogP contribution in [0.1, 0.15) is 50.9 Å². The number of anilines is 1. The summed E-state index contributed by atoms with van der Waals surface area (Å²) < 4.78 is 0. The van der Waals surface area contributed by atoms with Crippen molar-refractivity contribution in [3.8, 4) is 0 Å². The molecule has 0 unspecified atom stereocenters. The van der Waals surface area contributed by atoms with Crippen molar-refractivity contribution in [2.24, 2.45) is 0 Å². The van der Waals surface area contributed by atoms with Gasteiger partial charge in [0.1, 0.15) is 16.8 Å². The fourth-order valence-electron chi connectivity index (χ4n) is 1.85. The number of aliphatic hydroxyl groups is 1. The third kappa shape index (κ3) is 4.32. The molecule has 0 spiro atoms. The molecule has 0 amide bonds. The van der Waals surface area contributed by atoms with Crippen LogP contribution in [-0.2, 0) is 0 Å². The molecule has 0 saturated carbocycles. The minimum atomic E-state index is 0.113. The highest BCUT2D eigenvalue weighted by Gasteiger charge is 2.16. The lowest BCUT2D eigenvalue weighted by atomic mass is 10.2. The van der Waals surface area contributed by atoms with E-state index in [1.807, 2.05) is 20.8 Å². The van der Waals surface area contributed by atoms with Crippen molar-refractivity contribution < 1.29 is 5.11 Å². The van der Waals surface area contributed by atoms with Crippen LogP contribution >= 0.6 is 11.6 Å². The van der Waals surface area contributed by atoms with E-state index in [1.54, 1.807) is 0 Å². The molecule has 1 heterocycles. The van der Waals surface area contributed by atoms with Gasteiger partial charge in [0.25, 0.3) is 0 Å². The average molecular weight is 286 g/mol. The first-order chi connectivity index (χ1) is 9.01. The van der Waals surface area contributed by atoms with Crippen LogP contribution in [-0.4, -0.2) is 34.8 Å². The first kappa shape index (κ1) is 16.2. The Labute approximate surface area is 120 Å². The molecule has 0 bridgehead atoms. The van der Waals surface area contributed by atoms with Crippen LogP contribution in [0, 0.1) is 6.92 Å². The van der Waals surface area contributed by atoms with Gasteiger partial charge in [0.2, 0.25) is 0 Å². The third-order valence-corrected chi connectivity index (χ3v) is 3.41. The van der Waals surface area contributed by atoms with Crippen LogP contribution < -0.4 is 4.90 Å². The van der Waals surface area contributed by atoms with E-state index in [2.05, 4.69) is 21.8 Å². The van der Waals surface area contributed by atoms with Crippen LogP contribution in [0.25, 0.3) is 0 Å². The first-order valence-electron chi connectivity index (χ1n) is 6.91. The second kappa shape index (κ2) is 7.65. The van der Waals surface area contributed by atoms with Gasteiger partial charge in [0, 0.05) is 24.6 Å². The van der Waals surface area contributed by atoms with Gasteiger partial charge in [-0.2, -0.15) is 0 Å². The van der Waals surface area contributed by atoms with Gasteiger partial charge in [-0.15, -0.1) is 0 Å². The SMILES string of the molecule is CCCCN(CCO)c1nc(C(C)C)nc(Cl)c1C. The van der Waals surface area contributed by atoms with E-state index in [4.69, 9.17) is 11.6 Å². The largest absolute Gasteiger partial charge is 0.395 e. The highest BCUT2D eigenvalue weighted by Crippen LogP contribution is 2.26. The van der Waals surface area contributed by atoms with Gasteiger partial charge < -0.3 is 10.0 Å². The van der Waals surface area contributed by atoms with Crippen molar-refractivity contribution in [3.63, 3.8) is 0 Å². The zero-order valence-electron chi connectivity index (χ0n) is 12.3. The molecule has 0 radical (unpaired) electrons.